The number of Topliss-reactive ketones (excluding diaryl/α,β-unsaturated/α-hetero) is 1. The number of hydrogen-bond acceptors (Lipinski definition) is 4. The number of carbonyl (C=O) groups excluding carboxylic acids is 2. The minimum atomic E-state index is -1.28. The van der Waals surface area contributed by atoms with Crippen molar-refractivity contribution in [1.82, 2.24) is 5.32 Å². The molecule has 19 heavy (non-hydrogen) atoms. The van der Waals surface area contributed by atoms with Gasteiger partial charge >= 0.3 is 0 Å². The second-order valence-corrected chi connectivity index (χ2v) is 5.08. The van der Waals surface area contributed by atoms with E-state index in [-0.39, 0.29) is 0 Å². The minimum absolute atomic E-state index is 0.385. The van der Waals surface area contributed by atoms with Crippen molar-refractivity contribution in [2.24, 2.45) is 5.92 Å². The van der Waals surface area contributed by atoms with Gasteiger partial charge in [0.2, 0.25) is 5.91 Å². The topological polar surface area (TPSA) is 70.0 Å². The molecule has 1 aromatic rings. The van der Waals surface area contributed by atoms with E-state index in [1.165, 1.54) is 7.05 Å². The largest absolute Gasteiger partial charge is 0.358 e. The number of nitriles is 1. The van der Waals surface area contributed by atoms with Gasteiger partial charge in [-0.25, -0.2) is 0 Å². The van der Waals surface area contributed by atoms with Crippen molar-refractivity contribution in [3.63, 3.8) is 0 Å². The Hall–Kier alpha value is -1.80. The summed E-state index contributed by atoms with van der Waals surface area (Å²) in [5.74, 6) is -1.29. The van der Waals surface area contributed by atoms with E-state index in [1.807, 2.05) is 12.1 Å². The predicted octanol–water partition coefficient (Wildman–Crippen LogP) is 2.26. The van der Waals surface area contributed by atoms with Gasteiger partial charge < -0.3 is 5.32 Å². The van der Waals surface area contributed by atoms with Crippen LogP contribution in [0.25, 0.3) is 0 Å². The van der Waals surface area contributed by atoms with Crippen LogP contribution in [0.15, 0.2) is 29.2 Å². The fraction of sp³-hybridized carbons (Fsp3) is 0.357. The van der Waals surface area contributed by atoms with Crippen LogP contribution in [0.1, 0.15) is 23.7 Å². The number of nitrogens with zero attached hydrogens (tertiary/aromatic N) is 1. The first kappa shape index (κ1) is 15.3. The van der Waals surface area contributed by atoms with E-state index in [0.717, 1.165) is 17.1 Å². The molecule has 0 saturated carbocycles. The lowest BCUT2D eigenvalue weighted by Gasteiger charge is -2.07. The number of thioether (sulfide) groups is 1. The molecule has 1 atom stereocenters. The third-order valence-corrected chi connectivity index (χ3v) is 3.73. The normalized spacial score (nSPS) is 11.4. The summed E-state index contributed by atoms with van der Waals surface area (Å²) in [5, 5.41) is 11.2. The molecular formula is C14H16N2O2S. The molecule has 0 aliphatic rings. The number of benzene rings is 1. The van der Waals surface area contributed by atoms with Crippen LogP contribution in [-0.2, 0) is 4.79 Å². The van der Waals surface area contributed by atoms with Crippen molar-refractivity contribution in [3.05, 3.63) is 29.8 Å². The predicted molar refractivity (Wildman–Crippen MR) is 75.0 cm³/mol. The van der Waals surface area contributed by atoms with E-state index >= 15 is 0 Å². The lowest BCUT2D eigenvalue weighted by atomic mass is 9.98. The Kier molecular flexibility index (Phi) is 6.10. The van der Waals surface area contributed by atoms with Gasteiger partial charge in [-0.05, 0) is 24.3 Å². The number of nitrogens with one attached hydrogen (secondary N) is 1. The fourth-order valence-corrected chi connectivity index (χ4v) is 2.25. The summed E-state index contributed by atoms with van der Waals surface area (Å²) in [7, 11) is 1.41. The Morgan fingerprint density at radius 2 is 2.00 bits per heavy atom. The van der Waals surface area contributed by atoms with Gasteiger partial charge in [0.15, 0.2) is 11.7 Å². The molecule has 0 aliphatic carbocycles. The van der Waals surface area contributed by atoms with Gasteiger partial charge in [-0.15, -0.1) is 11.8 Å². The molecular weight excluding hydrogens is 260 g/mol. The zero-order valence-corrected chi connectivity index (χ0v) is 11.8. The highest BCUT2D eigenvalue weighted by Crippen LogP contribution is 2.20. The highest BCUT2D eigenvalue weighted by Gasteiger charge is 2.26. The molecule has 1 aromatic carbocycles. The number of amides is 1. The summed E-state index contributed by atoms with van der Waals surface area (Å²) in [5.41, 5.74) is 0.385. The summed E-state index contributed by atoms with van der Waals surface area (Å²) in [6.07, 6.45) is 1.08. The van der Waals surface area contributed by atoms with Crippen molar-refractivity contribution in [1.29, 1.82) is 5.26 Å². The van der Waals surface area contributed by atoms with Crippen LogP contribution < -0.4 is 5.32 Å². The second-order valence-electron chi connectivity index (χ2n) is 3.91. The monoisotopic (exact) mass is 276 g/mol. The van der Waals surface area contributed by atoms with E-state index in [0.29, 0.717) is 5.56 Å². The molecule has 0 heterocycles. The van der Waals surface area contributed by atoms with Crippen LogP contribution >= 0.6 is 11.8 Å². The van der Waals surface area contributed by atoms with Crippen molar-refractivity contribution in [2.45, 2.75) is 18.2 Å². The van der Waals surface area contributed by atoms with Gasteiger partial charge in [0.1, 0.15) is 0 Å². The smallest absolute Gasteiger partial charge is 0.245 e. The Balaban J connectivity index is 2.83. The van der Waals surface area contributed by atoms with Crippen LogP contribution in [-0.4, -0.2) is 24.5 Å². The van der Waals surface area contributed by atoms with Crippen LogP contribution in [0.2, 0.25) is 0 Å². The van der Waals surface area contributed by atoms with E-state index in [1.54, 1.807) is 30.0 Å². The standard InChI is InChI=1S/C14H16N2O2S/c1-3-8-19-11-6-4-10(5-7-11)13(17)12(9-15)14(18)16-2/h4-7,12H,3,8H2,1-2H3,(H,16,18)/t12-/m1/s1. The first-order valence-corrected chi connectivity index (χ1v) is 7.00. The lowest BCUT2D eigenvalue weighted by Crippen LogP contribution is -2.32. The Morgan fingerprint density at radius 3 is 2.47 bits per heavy atom. The van der Waals surface area contributed by atoms with Gasteiger partial charge in [-0.1, -0.05) is 19.1 Å². The Bertz CT molecular complexity index is 491. The van der Waals surface area contributed by atoms with Gasteiger partial charge in [-0.2, -0.15) is 5.26 Å². The van der Waals surface area contributed by atoms with Crippen LogP contribution in [0.4, 0.5) is 0 Å². The van der Waals surface area contributed by atoms with Crippen LogP contribution in [0.5, 0.6) is 0 Å². The zero-order chi connectivity index (χ0) is 14.3. The number of rotatable bonds is 6. The molecule has 0 fully saturated rings. The van der Waals surface area contributed by atoms with Crippen LogP contribution in [0, 0.1) is 17.2 Å². The van der Waals surface area contributed by atoms with Crippen LogP contribution in [0.3, 0.4) is 0 Å². The average Bonchev–Trinajstić information content (AvgIpc) is 2.46. The highest BCUT2D eigenvalue weighted by atomic mass is 32.2. The summed E-state index contributed by atoms with van der Waals surface area (Å²) < 4.78 is 0. The van der Waals surface area contributed by atoms with Crippen molar-refractivity contribution < 1.29 is 9.59 Å². The van der Waals surface area contributed by atoms with E-state index < -0.39 is 17.6 Å². The highest BCUT2D eigenvalue weighted by molar-refractivity contribution is 7.99. The molecule has 100 valence electrons. The summed E-state index contributed by atoms with van der Waals surface area (Å²) in [6.45, 7) is 2.10. The maximum Gasteiger partial charge on any atom is 0.245 e. The SMILES string of the molecule is CCCSc1ccc(C(=O)[C@@H](C#N)C(=O)NC)cc1. The molecule has 5 heteroatoms. The number of ketones is 1. The second kappa shape index (κ2) is 7.59. The number of hydrogen-bond donors (Lipinski definition) is 1. The zero-order valence-electron chi connectivity index (χ0n) is 11.0. The summed E-state index contributed by atoms with van der Waals surface area (Å²) in [4.78, 5) is 24.5. The van der Waals surface area contributed by atoms with Crippen molar-refractivity contribution >= 4 is 23.5 Å². The maximum atomic E-state index is 12.0. The molecule has 0 bridgehead atoms. The lowest BCUT2D eigenvalue weighted by molar-refractivity contribution is -0.121. The van der Waals surface area contributed by atoms with E-state index in [9.17, 15) is 9.59 Å². The first-order valence-electron chi connectivity index (χ1n) is 6.02. The first-order chi connectivity index (χ1) is 9.13. The average molecular weight is 276 g/mol. The Morgan fingerprint density at radius 1 is 1.37 bits per heavy atom. The molecule has 0 saturated heterocycles. The molecule has 0 aliphatic heterocycles. The third-order valence-electron chi connectivity index (χ3n) is 2.51. The quantitative estimate of drug-likeness (QED) is 0.491. The van der Waals surface area contributed by atoms with E-state index in [4.69, 9.17) is 5.26 Å². The molecule has 0 unspecified atom stereocenters. The molecule has 1 amide bonds. The number of carbonyl (C=O) groups is 2. The van der Waals surface area contributed by atoms with Gasteiger partial charge in [0.05, 0.1) is 6.07 Å². The van der Waals surface area contributed by atoms with Gasteiger partial charge in [-0.3, -0.25) is 9.59 Å². The third kappa shape index (κ3) is 4.11. The molecule has 0 aromatic heterocycles. The Labute approximate surface area is 117 Å². The summed E-state index contributed by atoms with van der Waals surface area (Å²) >= 11 is 1.71. The molecule has 1 rings (SSSR count). The van der Waals surface area contributed by atoms with Gasteiger partial charge in [0.25, 0.3) is 0 Å². The minimum Gasteiger partial charge on any atom is -0.358 e. The molecule has 0 radical (unpaired) electrons. The van der Waals surface area contributed by atoms with Gasteiger partial charge in [0, 0.05) is 17.5 Å². The van der Waals surface area contributed by atoms with E-state index in [2.05, 4.69) is 12.2 Å². The molecule has 0 spiro atoms. The maximum absolute atomic E-state index is 12.0. The van der Waals surface area contributed by atoms with Crippen molar-refractivity contribution in [2.75, 3.05) is 12.8 Å². The fourth-order valence-electron chi connectivity index (χ4n) is 1.48. The van der Waals surface area contributed by atoms with Crippen molar-refractivity contribution in [3.8, 4) is 6.07 Å². The summed E-state index contributed by atoms with van der Waals surface area (Å²) in [6, 6.07) is 8.73. The molecule has 4 nitrogen and oxygen atoms in total. The molecule has 1 N–H and O–H groups in total.